The van der Waals surface area contributed by atoms with Crippen molar-refractivity contribution in [3.05, 3.63) is 23.8 Å². The number of anilines is 1. The summed E-state index contributed by atoms with van der Waals surface area (Å²) in [7, 11) is 1.50. The van der Waals surface area contributed by atoms with Crippen LogP contribution in [0.3, 0.4) is 0 Å². The number of benzene rings is 1. The van der Waals surface area contributed by atoms with Crippen molar-refractivity contribution in [2.75, 3.05) is 26.0 Å². The van der Waals surface area contributed by atoms with Crippen LogP contribution in [-0.2, 0) is 0 Å². The summed E-state index contributed by atoms with van der Waals surface area (Å²) in [5.41, 5.74) is 6.51. The van der Waals surface area contributed by atoms with Gasteiger partial charge in [-0.3, -0.25) is 4.79 Å². The summed E-state index contributed by atoms with van der Waals surface area (Å²) in [6, 6.07) is 5.04. The van der Waals surface area contributed by atoms with Crippen LogP contribution in [0.2, 0.25) is 0 Å². The number of ether oxygens (including phenoxy) is 1. The van der Waals surface area contributed by atoms with E-state index in [1.165, 1.54) is 7.11 Å². The molecular formula is C12H18N2O3. The molecule has 5 heteroatoms. The Morgan fingerprint density at radius 3 is 2.88 bits per heavy atom. The van der Waals surface area contributed by atoms with Gasteiger partial charge in [0.1, 0.15) is 5.75 Å². The second-order valence-electron chi connectivity index (χ2n) is 3.92. The van der Waals surface area contributed by atoms with E-state index in [2.05, 4.69) is 5.32 Å². The molecule has 1 amide bonds. The SMILES string of the molecule is COc1cccc(C(=O)NCC(C)CO)c1N. The van der Waals surface area contributed by atoms with Crippen molar-refractivity contribution in [2.24, 2.45) is 5.92 Å². The molecule has 0 saturated carbocycles. The highest BCUT2D eigenvalue weighted by Gasteiger charge is 2.13. The third-order valence-electron chi connectivity index (χ3n) is 2.45. The Kier molecular flexibility index (Phi) is 4.78. The molecular weight excluding hydrogens is 220 g/mol. The van der Waals surface area contributed by atoms with Crippen LogP contribution in [0.5, 0.6) is 5.75 Å². The lowest BCUT2D eigenvalue weighted by molar-refractivity contribution is 0.0943. The fraction of sp³-hybridized carbons (Fsp3) is 0.417. The number of nitrogens with two attached hydrogens (primary N) is 1. The van der Waals surface area contributed by atoms with Crippen LogP contribution in [0.4, 0.5) is 5.69 Å². The van der Waals surface area contributed by atoms with Crippen molar-refractivity contribution in [1.82, 2.24) is 5.32 Å². The van der Waals surface area contributed by atoms with Gasteiger partial charge in [0, 0.05) is 13.2 Å². The maximum absolute atomic E-state index is 11.8. The van der Waals surface area contributed by atoms with Crippen molar-refractivity contribution in [3.63, 3.8) is 0 Å². The first kappa shape index (κ1) is 13.3. The molecule has 17 heavy (non-hydrogen) atoms. The summed E-state index contributed by atoms with van der Waals surface area (Å²) in [6.45, 7) is 2.29. The quantitative estimate of drug-likeness (QED) is 0.657. The fourth-order valence-corrected chi connectivity index (χ4v) is 1.35. The van der Waals surface area contributed by atoms with Gasteiger partial charge in [0.2, 0.25) is 0 Å². The molecule has 0 radical (unpaired) electrons. The first-order chi connectivity index (χ1) is 8.10. The fourth-order valence-electron chi connectivity index (χ4n) is 1.35. The largest absolute Gasteiger partial charge is 0.495 e. The Morgan fingerprint density at radius 2 is 2.29 bits per heavy atom. The molecule has 0 saturated heterocycles. The minimum atomic E-state index is -0.262. The number of nitrogens with one attached hydrogen (secondary N) is 1. The molecule has 4 N–H and O–H groups in total. The third-order valence-corrected chi connectivity index (χ3v) is 2.45. The van der Waals surface area contributed by atoms with Gasteiger partial charge in [-0.05, 0) is 18.1 Å². The molecule has 1 aromatic carbocycles. The summed E-state index contributed by atoms with van der Waals surface area (Å²) >= 11 is 0. The number of carbonyl (C=O) groups is 1. The number of carbonyl (C=O) groups excluding carboxylic acids is 1. The summed E-state index contributed by atoms with van der Waals surface area (Å²) < 4.78 is 5.04. The molecule has 0 aromatic heterocycles. The number of aliphatic hydroxyl groups excluding tert-OH is 1. The van der Waals surface area contributed by atoms with Crippen LogP contribution in [-0.4, -0.2) is 31.3 Å². The van der Waals surface area contributed by atoms with Gasteiger partial charge in [-0.1, -0.05) is 13.0 Å². The van der Waals surface area contributed by atoms with Crippen molar-refractivity contribution in [3.8, 4) is 5.75 Å². The molecule has 0 fully saturated rings. The minimum absolute atomic E-state index is 0.0192. The van der Waals surface area contributed by atoms with Crippen LogP contribution in [0.15, 0.2) is 18.2 Å². The lowest BCUT2D eigenvalue weighted by Crippen LogP contribution is -2.30. The van der Waals surface area contributed by atoms with Gasteiger partial charge in [-0.2, -0.15) is 0 Å². The Bertz CT molecular complexity index is 393. The van der Waals surface area contributed by atoms with E-state index in [0.717, 1.165) is 0 Å². The second kappa shape index (κ2) is 6.10. The normalized spacial score (nSPS) is 11.9. The van der Waals surface area contributed by atoms with E-state index in [1.54, 1.807) is 18.2 Å². The molecule has 0 spiro atoms. The highest BCUT2D eigenvalue weighted by molar-refractivity contribution is 6.00. The summed E-state index contributed by atoms with van der Waals surface area (Å²) in [5, 5.41) is 11.6. The maximum Gasteiger partial charge on any atom is 0.253 e. The highest BCUT2D eigenvalue weighted by atomic mass is 16.5. The molecule has 1 atom stereocenters. The van der Waals surface area contributed by atoms with Gasteiger partial charge in [0.15, 0.2) is 0 Å². The number of hydrogen-bond acceptors (Lipinski definition) is 4. The average molecular weight is 238 g/mol. The van der Waals surface area contributed by atoms with Crippen molar-refractivity contribution in [2.45, 2.75) is 6.92 Å². The number of amides is 1. The average Bonchev–Trinajstić information content (AvgIpc) is 2.35. The van der Waals surface area contributed by atoms with Crippen LogP contribution in [0, 0.1) is 5.92 Å². The Labute approximate surface area is 101 Å². The van der Waals surface area contributed by atoms with E-state index >= 15 is 0 Å². The van der Waals surface area contributed by atoms with Crippen molar-refractivity contribution in [1.29, 1.82) is 0 Å². The van der Waals surface area contributed by atoms with Crippen LogP contribution in [0.1, 0.15) is 17.3 Å². The lowest BCUT2D eigenvalue weighted by Gasteiger charge is -2.12. The second-order valence-corrected chi connectivity index (χ2v) is 3.92. The topological polar surface area (TPSA) is 84.6 Å². The van der Waals surface area contributed by atoms with Gasteiger partial charge in [-0.15, -0.1) is 0 Å². The third kappa shape index (κ3) is 3.35. The van der Waals surface area contributed by atoms with E-state index in [1.807, 2.05) is 6.92 Å². The molecule has 1 unspecified atom stereocenters. The van der Waals surface area contributed by atoms with Crippen molar-refractivity contribution < 1.29 is 14.6 Å². The smallest absolute Gasteiger partial charge is 0.253 e. The highest BCUT2D eigenvalue weighted by Crippen LogP contribution is 2.24. The van der Waals surface area contributed by atoms with E-state index in [0.29, 0.717) is 23.5 Å². The number of rotatable bonds is 5. The monoisotopic (exact) mass is 238 g/mol. The molecule has 0 heterocycles. The van der Waals surface area contributed by atoms with Crippen LogP contribution >= 0.6 is 0 Å². The summed E-state index contributed by atoms with van der Waals surface area (Å²) in [5.74, 6) is 0.236. The zero-order chi connectivity index (χ0) is 12.8. The van der Waals surface area contributed by atoms with Crippen LogP contribution in [0.25, 0.3) is 0 Å². The van der Waals surface area contributed by atoms with E-state index in [4.69, 9.17) is 15.6 Å². The van der Waals surface area contributed by atoms with E-state index in [9.17, 15) is 4.79 Å². The molecule has 1 aromatic rings. The Hall–Kier alpha value is -1.75. The Morgan fingerprint density at radius 1 is 1.59 bits per heavy atom. The van der Waals surface area contributed by atoms with Gasteiger partial charge in [-0.25, -0.2) is 0 Å². The number of aliphatic hydroxyl groups is 1. The van der Waals surface area contributed by atoms with Crippen LogP contribution < -0.4 is 15.8 Å². The van der Waals surface area contributed by atoms with E-state index < -0.39 is 0 Å². The number of methoxy groups -OCH3 is 1. The standard InChI is InChI=1S/C12H18N2O3/c1-8(7-15)6-14-12(16)9-4-3-5-10(17-2)11(9)13/h3-5,8,15H,6-7,13H2,1-2H3,(H,14,16). The molecule has 94 valence electrons. The Balaban J connectivity index is 2.75. The summed E-state index contributed by atoms with van der Waals surface area (Å²) in [4.78, 5) is 11.8. The number of nitrogen functional groups attached to an aromatic ring is 1. The zero-order valence-corrected chi connectivity index (χ0v) is 10.1. The molecule has 1 rings (SSSR count). The van der Waals surface area contributed by atoms with Gasteiger partial charge in [0.25, 0.3) is 5.91 Å². The first-order valence-electron chi connectivity index (χ1n) is 5.41. The summed E-state index contributed by atoms with van der Waals surface area (Å²) in [6.07, 6.45) is 0. The molecule has 0 aliphatic carbocycles. The predicted octanol–water partition coefficient (Wildman–Crippen LogP) is 0.636. The van der Waals surface area contributed by atoms with Gasteiger partial charge >= 0.3 is 0 Å². The molecule has 0 bridgehead atoms. The number of para-hydroxylation sites is 1. The predicted molar refractivity (Wildman–Crippen MR) is 66.0 cm³/mol. The van der Waals surface area contributed by atoms with Gasteiger partial charge < -0.3 is 20.9 Å². The maximum atomic E-state index is 11.8. The molecule has 5 nitrogen and oxygen atoms in total. The number of hydrogen-bond donors (Lipinski definition) is 3. The minimum Gasteiger partial charge on any atom is -0.495 e. The first-order valence-corrected chi connectivity index (χ1v) is 5.41. The van der Waals surface area contributed by atoms with Crippen molar-refractivity contribution >= 4 is 11.6 Å². The zero-order valence-electron chi connectivity index (χ0n) is 10.1. The lowest BCUT2D eigenvalue weighted by atomic mass is 10.1. The van der Waals surface area contributed by atoms with E-state index in [-0.39, 0.29) is 18.4 Å². The molecule has 0 aliphatic rings. The molecule has 0 aliphatic heterocycles. The van der Waals surface area contributed by atoms with Gasteiger partial charge in [0.05, 0.1) is 18.4 Å².